The molecule has 1 aromatic carbocycles. The summed E-state index contributed by atoms with van der Waals surface area (Å²) in [6, 6.07) is 4.78. The van der Waals surface area contributed by atoms with E-state index in [-0.39, 0.29) is 25.0 Å². The van der Waals surface area contributed by atoms with Crippen LogP contribution >= 0.6 is 0 Å². The minimum absolute atomic E-state index is 0.160. The van der Waals surface area contributed by atoms with Gasteiger partial charge in [0.05, 0.1) is 6.42 Å². The lowest BCUT2D eigenvalue weighted by molar-refractivity contribution is -0.124. The van der Waals surface area contributed by atoms with E-state index in [1.54, 1.807) is 18.2 Å². The average Bonchev–Trinajstić information content (AvgIpc) is 2.85. The smallest absolute Gasteiger partial charge is 0.249 e. The summed E-state index contributed by atoms with van der Waals surface area (Å²) in [5.74, 6) is 0.767. The Kier molecular flexibility index (Phi) is 2.14. The summed E-state index contributed by atoms with van der Waals surface area (Å²) in [6.45, 7) is 0.210. The summed E-state index contributed by atoms with van der Waals surface area (Å²) >= 11 is 0. The Bertz CT molecular complexity index is 500. The van der Waals surface area contributed by atoms with Crippen LogP contribution in [0.1, 0.15) is 6.42 Å². The first kappa shape index (κ1) is 9.95. The standard InChI is InChI=1S/C11H10N2O4/c14-10-4-7(11(15)13-10)12-6-1-2-8-9(3-6)17-5-16-8/h1-3,7,12H,4-5H2,(H,13,14,15)/t7-/m1/s1. The molecule has 0 radical (unpaired) electrons. The largest absolute Gasteiger partial charge is 0.454 e. The summed E-state index contributed by atoms with van der Waals surface area (Å²) in [4.78, 5) is 22.4. The Balaban J connectivity index is 1.77. The zero-order valence-electron chi connectivity index (χ0n) is 8.86. The van der Waals surface area contributed by atoms with Crippen molar-refractivity contribution in [1.82, 2.24) is 5.32 Å². The molecule has 0 saturated carbocycles. The molecule has 1 saturated heterocycles. The molecule has 17 heavy (non-hydrogen) atoms. The van der Waals surface area contributed by atoms with Gasteiger partial charge in [0.15, 0.2) is 11.5 Å². The van der Waals surface area contributed by atoms with Gasteiger partial charge in [-0.1, -0.05) is 0 Å². The molecule has 2 heterocycles. The van der Waals surface area contributed by atoms with Gasteiger partial charge >= 0.3 is 0 Å². The van der Waals surface area contributed by atoms with Gasteiger partial charge in [0.1, 0.15) is 6.04 Å². The average molecular weight is 234 g/mol. The number of rotatable bonds is 2. The highest BCUT2D eigenvalue weighted by molar-refractivity contribution is 6.06. The van der Waals surface area contributed by atoms with Gasteiger partial charge in [-0.3, -0.25) is 14.9 Å². The van der Waals surface area contributed by atoms with E-state index in [4.69, 9.17) is 9.47 Å². The monoisotopic (exact) mass is 234 g/mol. The molecule has 0 aromatic heterocycles. The maximum absolute atomic E-state index is 11.4. The van der Waals surface area contributed by atoms with E-state index >= 15 is 0 Å². The lowest BCUT2D eigenvalue weighted by atomic mass is 10.2. The van der Waals surface area contributed by atoms with Crippen LogP contribution in [0.25, 0.3) is 0 Å². The minimum atomic E-state index is -0.511. The number of anilines is 1. The fourth-order valence-electron chi connectivity index (χ4n) is 1.86. The molecule has 1 aromatic rings. The maximum atomic E-state index is 11.4. The second-order valence-electron chi connectivity index (χ2n) is 3.88. The van der Waals surface area contributed by atoms with Gasteiger partial charge in [-0.25, -0.2) is 0 Å². The molecule has 2 aliphatic rings. The fraction of sp³-hybridized carbons (Fsp3) is 0.273. The van der Waals surface area contributed by atoms with Crippen molar-refractivity contribution in [3.8, 4) is 11.5 Å². The lowest BCUT2D eigenvalue weighted by Gasteiger charge is -2.10. The van der Waals surface area contributed by atoms with Crippen LogP contribution in [0.15, 0.2) is 18.2 Å². The van der Waals surface area contributed by atoms with Gasteiger partial charge in [-0.15, -0.1) is 0 Å². The zero-order chi connectivity index (χ0) is 11.8. The number of ether oxygens (including phenoxy) is 2. The number of carbonyl (C=O) groups is 2. The Morgan fingerprint density at radius 2 is 2.06 bits per heavy atom. The van der Waals surface area contributed by atoms with Crippen molar-refractivity contribution in [2.24, 2.45) is 0 Å². The van der Waals surface area contributed by atoms with Crippen molar-refractivity contribution in [2.75, 3.05) is 12.1 Å². The quantitative estimate of drug-likeness (QED) is 0.717. The topological polar surface area (TPSA) is 76.7 Å². The SMILES string of the molecule is O=C1C[C@@H](Nc2ccc3c(c2)OCO3)C(=O)N1. The van der Waals surface area contributed by atoms with E-state index in [9.17, 15) is 9.59 Å². The number of hydrogen-bond donors (Lipinski definition) is 2. The first-order valence-corrected chi connectivity index (χ1v) is 5.22. The summed E-state index contributed by atoms with van der Waals surface area (Å²) < 4.78 is 10.4. The van der Waals surface area contributed by atoms with Crippen molar-refractivity contribution >= 4 is 17.5 Å². The van der Waals surface area contributed by atoms with Crippen LogP contribution in [0, 0.1) is 0 Å². The van der Waals surface area contributed by atoms with Crippen LogP contribution in [0.5, 0.6) is 11.5 Å². The molecule has 2 aliphatic heterocycles. The van der Waals surface area contributed by atoms with Crippen molar-refractivity contribution in [2.45, 2.75) is 12.5 Å². The van der Waals surface area contributed by atoms with Crippen molar-refractivity contribution in [1.29, 1.82) is 0 Å². The summed E-state index contributed by atoms with van der Waals surface area (Å²) in [7, 11) is 0. The molecule has 3 rings (SSSR count). The van der Waals surface area contributed by atoms with E-state index in [0.717, 1.165) is 5.69 Å². The van der Waals surface area contributed by atoms with Gasteiger partial charge in [0, 0.05) is 11.8 Å². The van der Waals surface area contributed by atoms with E-state index in [2.05, 4.69) is 10.6 Å². The third-order valence-corrected chi connectivity index (χ3v) is 2.68. The predicted molar refractivity (Wildman–Crippen MR) is 57.7 cm³/mol. The number of hydrogen-bond acceptors (Lipinski definition) is 5. The molecule has 2 N–H and O–H groups in total. The number of carbonyl (C=O) groups excluding carboxylic acids is 2. The molecular formula is C11H10N2O4. The third kappa shape index (κ3) is 1.77. The first-order chi connectivity index (χ1) is 8.22. The molecule has 0 unspecified atom stereocenters. The molecule has 0 aliphatic carbocycles. The molecule has 2 amide bonds. The van der Waals surface area contributed by atoms with E-state index in [1.165, 1.54) is 0 Å². The highest BCUT2D eigenvalue weighted by Crippen LogP contribution is 2.34. The second kappa shape index (κ2) is 3.65. The van der Waals surface area contributed by atoms with E-state index in [0.29, 0.717) is 11.5 Å². The van der Waals surface area contributed by atoms with Crippen LogP contribution in [-0.4, -0.2) is 24.6 Å². The van der Waals surface area contributed by atoms with Crippen molar-refractivity contribution in [3.63, 3.8) is 0 Å². The van der Waals surface area contributed by atoms with Gasteiger partial charge < -0.3 is 14.8 Å². The van der Waals surface area contributed by atoms with Gasteiger partial charge in [0.25, 0.3) is 0 Å². The zero-order valence-corrected chi connectivity index (χ0v) is 8.86. The number of benzene rings is 1. The molecule has 1 atom stereocenters. The van der Waals surface area contributed by atoms with Gasteiger partial charge in [-0.2, -0.15) is 0 Å². The summed E-state index contributed by atoms with van der Waals surface area (Å²) in [6.07, 6.45) is 0.160. The molecule has 6 heteroatoms. The Hall–Kier alpha value is -2.24. The van der Waals surface area contributed by atoms with Crippen molar-refractivity contribution < 1.29 is 19.1 Å². The maximum Gasteiger partial charge on any atom is 0.249 e. The van der Waals surface area contributed by atoms with Crippen LogP contribution in [0.4, 0.5) is 5.69 Å². The van der Waals surface area contributed by atoms with Crippen LogP contribution < -0.4 is 20.1 Å². The molecular weight excluding hydrogens is 224 g/mol. The summed E-state index contributed by atoms with van der Waals surface area (Å²) in [5, 5.41) is 5.23. The molecule has 0 spiro atoms. The number of amides is 2. The van der Waals surface area contributed by atoms with Gasteiger partial charge in [-0.05, 0) is 12.1 Å². The highest BCUT2D eigenvalue weighted by Gasteiger charge is 2.30. The second-order valence-corrected chi connectivity index (χ2v) is 3.88. The Morgan fingerprint density at radius 1 is 1.24 bits per heavy atom. The highest BCUT2D eigenvalue weighted by atomic mass is 16.7. The number of fused-ring (bicyclic) bond motifs is 1. The molecule has 6 nitrogen and oxygen atoms in total. The summed E-state index contributed by atoms with van der Waals surface area (Å²) in [5.41, 5.74) is 0.726. The number of nitrogens with one attached hydrogen (secondary N) is 2. The lowest BCUT2D eigenvalue weighted by Crippen LogP contribution is -2.29. The Labute approximate surface area is 96.9 Å². The normalized spacial score (nSPS) is 21.5. The Morgan fingerprint density at radius 3 is 2.82 bits per heavy atom. The first-order valence-electron chi connectivity index (χ1n) is 5.22. The fourth-order valence-corrected chi connectivity index (χ4v) is 1.86. The number of imide groups is 1. The van der Waals surface area contributed by atoms with Crippen molar-refractivity contribution in [3.05, 3.63) is 18.2 Å². The van der Waals surface area contributed by atoms with E-state index in [1.807, 2.05) is 0 Å². The molecule has 1 fully saturated rings. The van der Waals surface area contributed by atoms with Crippen LogP contribution in [0.3, 0.4) is 0 Å². The molecule has 88 valence electrons. The third-order valence-electron chi connectivity index (χ3n) is 2.68. The van der Waals surface area contributed by atoms with Crippen LogP contribution in [-0.2, 0) is 9.59 Å². The van der Waals surface area contributed by atoms with Crippen LogP contribution in [0.2, 0.25) is 0 Å². The molecule has 0 bridgehead atoms. The minimum Gasteiger partial charge on any atom is -0.454 e. The predicted octanol–water partition coefficient (Wildman–Crippen LogP) is 0.242. The van der Waals surface area contributed by atoms with Gasteiger partial charge in [0.2, 0.25) is 18.6 Å². The van der Waals surface area contributed by atoms with E-state index < -0.39 is 6.04 Å².